The fourth-order valence-electron chi connectivity index (χ4n) is 2.11. The molecule has 94 valence electrons. The number of aliphatic hydroxyl groups is 1. The SMILES string of the molecule is CCCC1Cc2oc(=O)cc(OC)c2C(O)O1. The zero-order valence-corrected chi connectivity index (χ0v) is 9.93. The highest BCUT2D eigenvalue weighted by Crippen LogP contribution is 2.35. The van der Waals surface area contributed by atoms with Crippen molar-refractivity contribution in [2.45, 2.75) is 38.6 Å². The molecule has 0 saturated carbocycles. The maximum absolute atomic E-state index is 11.3. The third-order valence-electron chi connectivity index (χ3n) is 2.85. The van der Waals surface area contributed by atoms with Crippen molar-refractivity contribution in [3.05, 3.63) is 27.8 Å². The van der Waals surface area contributed by atoms with Crippen LogP contribution in [0.1, 0.15) is 37.4 Å². The van der Waals surface area contributed by atoms with Crippen molar-refractivity contribution in [2.24, 2.45) is 0 Å². The van der Waals surface area contributed by atoms with Crippen molar-refractivity contribution < 1.29 is 19.0 Å². The van der Waals surface area contributed by atoms with Gasteiger partial charge in [-0.3, -0.25) is 0 Å². The Hall–Kier alpha value is -1.33. The molecule has 2 heterocycles. The third kappa shape index (κ3) is 2.35. The van der Waals surface area contributed by atoms with Gasteiger partial charge in [0.25, 0.3) is 0 Å². The molecule has 2 rings (SSSR count). The lowest BCUT2D eigenvalue weighted by atomic mass is 10.0. The van der Waals surface area contributed by atoms with Gasteiger partial charge in [-0.2, -0.15) is 0 Å². The summed E-state index contributed by atoms with van der Waals surface area (Å²) >= 11 is 0. The number of ether oxygens (including phenoxy) is 2. The van der Waals surface area contributed by atoms with E-state index in [2.05, 4.69) is 0 Å². The molecule has 1 aromatic rings. The number of fused-ring (bicyclic) bond motifs is 1. The van der Waals surface area contributed by atoms with E-state index >= 15 is 0 Å². The fourth-order valence-corrected chi connectivity index (χ4v) is 2.11. The molecule has 0 saturated heterocycles. The van der Waals surface area contributed by atoms with Crippen LogP contribution in [-0.4, -0.2) is 18.3 Å². The molecule has 1 aliphatic heterocycles. The summed E-state index contributed by atoms with van der Waals surface area (Å²) in [6, 6.07) is 1.21. The minimum absolute atomic E-state index is 0.113. The number of aliphatic hydroxyl groups excluding tert-OH is 1. The van der Waals surface area contributed by atoms with Gasteiger partial charge in [0.15, 0.2) is 6.29 Å². The van der Waals surface area contributed by atoms with E-state index in [9.17, 15) is 9.90 Å². The van der Waals surface area contributed by atoms with E-state index in [-0.39, 0.29) is 6.10 Å². The Bertz CT molecular complexity index is 451. The van der Waals surface area contributed by atoms with Crippen LogP contribution < -0.4 is 10.4 Å². The molecule has 0 bridgehead atoms. The minimum Gasteiger partial charge on any atom is -0.496 e. The first-order valence-electron chi connectivity index (χ1n) is 5.70. The molecule has 17 heavy (non-hydrogen) atoms. The largest absolute Gasteiger partial charge is 0.496 e. The Morgan fingerprint density at radius 2 is 2.35 bits per heavy atom. The quantitative estimate of drug-likeness (QED) is 0.864. The van der Waals surface area contributed by atoms with E-state index < -0.39 is 11.9 Å². The van der Waals surface area contributed by atoms with Crippen molar-refractivity contribution in [3.8, 4) is 5.75 Å². The number of hydrogen-bond donors (Lipinski definition) is 1. The number of methoxy groups -OCH3 is 1. The summed E-state index contributed by atoms with van der Waals surface area (Å²) in [7, 11) is 1.44. The Balaban J connectivity index is 2.40. The molecule has 1 aliphatic rings. The molecule has 5 nitrogen and oxygen atoms in total. The minimum atomic E-state index is -1.09. The summed E-state index contributed by atoms with van der Waals surface area (Å²) in [5.74, 6) is 0.783. The molecular weight excluding hydrogens is 224 g/mol. The fraction of sp³-hybridized carbons (Fsp3) is 0.583. The van der Waals surface area contributed by atoms with Gasteiger partial charge < -0.3 is 19.0 Å². The first-order valence-corrected chi connectivity index (χ1v) is 5.70. The highest BCUT2D eigenvalue weighted by molar-refractivity contribution is 5.36. The van der Waals surface area contributed by atoms with Gasteiger partial charge >= 0.3 is 5.63 Å². The van der Waals surface area contributed by atoms with Gasteiger partial charge in [-0.1, -0.05) is 13.3 Å². The Kier molecular flexibility index (Phi) is 3.49. The monoisotopic (exact) mass is 240 g/mol. The molecule has 0 spiro atoms. The van der Waals surface area contributed by atoms with Crippen LogP contribution in [0.5, 0.6) is 5.75 Å². The first kappa shape index (κ1) is 12.1. The second-order valence-corrected chi connectivity index (χ2v) is 4.07. The van der Waals surface area contributed by atoms with Gasteiger partial charge in [-0.25, -0.2) is 4.79 Å². The van der Waals surface area contributed by atoms with E-state index in [0.717, 1.165) is 12.8 Å². The van der Waals surface area contributed by atoms with Crippen LogP contribution >= 0.6 is 0 Å². The topological polar surface area (TPSA) is 68.9 Å². The van der Waals surface area contributed by atoms with Gasteiger partial charge in [-0.15, -0.1) is 0 Å². The molecule has 2 unspecified atom stereocenters. The van der Waals surface area contributed by atoms with Crippen LogP contribution in [0.2, 0.25) is 0 Å². The maximum Gasteiger partial charge on any atom is 0.339 e. The van der Waals surface area contributed by atoms with Crippen LogP contribution in [0.15, 0.2) is 15.3 Å². The predicted octanol–water partition coefficient (Wildman–Crippen LogP) is 1.38. The lowest BCUT2D eigenvalue weighted by Crippen LogP contribution is -2.27. The molecule has 0 aromatic carbocycles. The molecule has 2 atom stereocenters. The van der Waals surface area contributed by atoms with Crippen LogP contribution in [-0.2, 0) is 11.2 Å². The van der Waals surface area contributed by atoms with E-state index in [4.69, 9.17) is 13.9 Å². The van der Waals surface area contributed by atoms with Crippen LogP contribution in [0.4, 0.5) is 0 Å². The summed E-state index contributed by atoms with van der Waals surface area (Å²) in [6.45, 7) is 2.03. The molecule has 0 amide bonds. The van der Waals surface area contributed by atoms with Gasteiger partial charge in [0.05, 0.1) is 24.8 Å². The van der Waals surface area contributed by atoms with Gasteiger partial charge in [0.1, 0.15) is 11.5 Å². The van der Waals surface area contributed by atoms with E-state index in [0.29, 0.717) is 23.5 Å². The van der Waals surface area contributed by atoms with Gasteiger partial charge in [0.2, 0.25) is 0 Å². The summed E-state index contributed by atoms with van der Waals surface area (Å²) in [4.78, 5) is 11.3. The van der Waals surface area contributed by atoms with Gasteiger partial charge in [-0.05, 0) is 6.42 Å². The van der Waals surface area contributed by atoms with Crippen molar-refractivity contribution >= 4 is 0 Å². The Labute approximate surface area is 99.0 Å². The average molecular weight is 240 g/mol. The first-order chi connectivity index (χ1) is 8.15. The zero-order valence-electron chi connectivity index (χ0n) is 9.93. The molecule has 1 aromatic heterocycles. The Morgan fingerprint density at radius 3 is 3.00 bits per heavy atom. The van der Waals surface area contributed by atoms with Gasteiger partial charge in [0, 0.05) is 6.42 Å². The lowest BCUT2D eigenvalue weighted by Gasteiger charge is -2.28. The number of hydrogen-bond acceptors (Lipinski definition) is 5. The van der Waals surface area contributed by atoms with E-state index in [1.807, 2.05) is 6.92 Å². The summed E-state index contributed by atoms with van der Waals surface area (Å²) in [6.07, 6.45) is 1.05. The smallest absolute Gasteiger partial charge is 0.339 e. The highest BCUT2D eigenvalue weighted by Gasteiger charge is 2.31. The van der Waals surface area contributed by atoms with E-state index in [1.165, 1.54) is 13.2 Å². The highest BCUT2D eigenvalue weighted by atomic mass is 16.6. The lowest BCUT2D eigenvalue weighted by molar-refractivity contribution is -0.155. The summed E-state index contributed by atoms with van der Waals surface area (Å²) in [5.41, 5.74) is -0.0376. The molecule has 0 radical (unpaired) electrons. The molecule has 0 aliphatic carbocycles. The number of rotatable bonds is 3. The molecule has 5 heteroatoms. The normalized spacial score (nSPS) is 23.2. The van der Waals surface area contributed by atoms with Crippen molar-refractivity contribution in [3.63, 3.8) is 0 Å². The summed E-state index contributed by atoms with van der Waals surface area (Å²) < 4.78 is 15.6. The molecule has 1 N–H and O–H groups in total. The van der Waals surface area contributed by atoms with Crippen LogP contribution in [0.25, 0.3) is 0 Å². The predicted molar refractivity (Wildman–Crippen MR) is 60.0 cm³/mol. The second-order valence-electron chi connectivity index (χ2n) is 4.07. The summed E-state index contributed by atoms with van der Waals surface area (Å²) in [5, 5.41) is 9.90. The standard InChI is InChI=1S/C12H16O5/c1-3-4-7-5-9-11(12(14)16-7)8(15-2)6-10(13)17-9/h6-7,12,14H,3-5H2,1-2H3. The maximum atomic E-state index is 11.3. The zero-order chi connectivity index (χ0) is 12.4. The van der Waals surface area contributed by atoms with E-state index in [1.54, 1.807) is 0 Å². The van der Waals surface area contributed by atoms with Crippen LogP contribution in [0.3, 0.4) is 0 Å². The average Bonchev–Trinajstić information content (AvgIpc) is 2.27. The van der Waals surface area contributed by atoms with Crippen molar-refractivity contribution in [1.29, 1.82) is 0 Å². The third-order valence-corrected chi connectivity index (χ3v) is 2.85. The second kappa shape index (κ2) is 4.89. The molecule has 0 fully saturated rings. The van der Waals surface area contributed by atoms with Crippen molar-refractivity contribution in [2.75, 3.05) is 7.11 Å². The Morgan fingerprint density at radius 1 is 1.59 bits per heavy atom. The van der Waals surface area contributed by atoms with Crippen molar-refractivity contribution in [1.82, 2.24) is 0 Å². The molecular formula is C12H16O5. The van der Waals surface area contributed by atoms with Crippen LogP contribution in [0, 0.1) is 0 Å².